The molecule has 304 valence electrons. The van der Waals surface area contributed by atoms with E-state index < -0.39 is 16.6 Å². The number of nitrogens with one attached hydrogen (secondary N) is 2. The number of benzene rings is 2. The number of alkyl halides is 2. The van der Waals surface area contributed by atoms with Crippen molar-refractivity contribution in [2.24, 2.45) is 13.0 Å². The van der Waals surface area contributed by atoms with Gasteiger partial charge in [-0.05, 0) is 98.5 Å². The third kappa shape index (κ3) is 9.83. The van der Waals surface area contributed by atoms with Crippen LogP contribution >= 0.6 is 0 Å². The van der Waals surface area contributed by atoms with Crippen molar-refractivity contribution in [2.45, 2.75) is 68.9 Å². The Balaban J connectivity index is 1.03. The molecule has 2 aliphatic heterocycles. The smallest absolute Gasteiger partial charge is 0.387 e. The highest BCUT2D eigenvalue weighted by Crippen LogP contribution is 2.34. The van der Waals surface area contributed by atoms with Crippen molar-refractivity contribution in [1.29, 1.82) is 5.26 Å². The van der Waals surface area contributed by atoms with E-state index in [0.29, 0.717) is 42.1 Å². The molecule has 2 aliphatic rings. The third-order valence-electron chi connectivity index (χ3n) is 10.7. The van der Waals surface area contributed by atoms with Gasteiger partial charge >= 0.3 is 12.6 Å². The van der Waals surface area contributed by atoms with E-state index >= 15 is 0 Å². The molecule has 18 heteroatoms. The van der Waals surface area contributed by atoms with Gasteiger partial charge in [-0.2, -0.15) is 23.4 Å². The summed E-state index contributed by atoms with van der Waals surface area (Å²) >= 11 is 0. The lowest BCUT2D eigenvalue weighted by atomic mass is 9.88. The molecule has 4 heterocycles. The lowest BCUT2D eigenvalue weighted by Crippen LogP contribution is -2.42. The minimum Gasteiger partial charge on any atom is -0.432 e. The van der Waals surface area contributed by atoms with E-state index in [1.165, 1.54) is 20.8 Å². The molecule has 4 aromatic rings. The number of aryl methyl sites for hydroxylation is 1. The molecule has 2 aromatic carbocycles. The zero-order valence-corrected chi connectivity index (χ0v) is 33.1. The van der Waals surface area contributed by atoms with Crippen LogP contribution in [0.2, 0.25) is 0 Å². The van der Waals surface area contributed by atoms with Gasteiger partial charge in [-0.3, -0.25) is 9.58 Å². The molecule has 1 atom stereocenters. The van der Waals surface area contributed by atoms with Crippen molar-refractivity contribution in [3.8, 4) is 11.8 Å². The Labute approximate surface area is 331 Å². The first-order valence-corrected chi connectivity index (χ1v) is 20.5. The van der Waals surface area contributed by atoms with Crippen LogP contribution in [0.15, 0.2) is 53.7 Å². The molecule has 2 fully saturated rings. The van der Waals surface area contributed by atoms with Crippen LogP contribution in [-0.4, -0.2) is 109 Å². The van der Waals surface area contributed by atoms with Gasteiger partial charge < -0.3 is 25.1 Å². The van der Waals surface area contributed by atoms with Gasteiger partial charge in [-0.25, -0.2) is 23.2 Å². The number of urea groups is 1. The summed E-state index contributed by atoms with van der Waals surface area (Å²) in [5.74, 6) is 1.13. The summed E-state index contributed by atoms with van der Waals surface area (Å²) in [5.41, 5.74) is 3.30. The van der Waals surface area contributed by atoms with E-state index in [4.69, 9.17) is 0 Å². The molecular weight excluding hydrogens is 759 g/mol. The number of sulfonamides is 1. The Morgan fingerprint density at radius 3 is 2.46 bits per heavy atom. The van der Waals surface area contributed by atoms with Crippen LogP contribution in [-0.2, 0) is 28.3 Å². The number of halogens is 2. The number of nitriles is 1. The summed E-state index contributed by atoms with van der Waals surface area (Å²) in [6.07, 6.45) is 6.77. The van der Waals surface area contributed by atoms with Crippen molar-refractivity contribution in [2.75, 3.05) is 56.5 Å². The second kappa shape index (κ2) is 18.3. The molecule has 1 unspecified atom stereocenters. The number of rotatable bonds is 15. The average molecular weight is 807 g/mol. The van der Waals surface area contributed by atoms with Gasteiger partial charge in [0.2, 0.25) is 16.0 Å². The predicted octanol–water partition coefficient (Wildman–Crippen LogP) is 4.89. The first-order valence-electron chi connectivity index (χ1n) is 19.1. The number of ether oxygens (including phenoxy) is 1. The van der Waals surface area contributed by atoms with Crippen LogP contribution < -0.4 is 20.3 Å². The van der Waals surface area contributed by atoms with E-state index in [2.05, 4.69) is 60.5 Å². The molecule has 2 saturated heterocycles. The van der Waals surface area contributed by atoms with E-state index in [-0.39, 0.29) is 60.6 Å². The van der Waals surface area contributed by atoms with E-state index in [9.17, 15) is 32.0 Å². The summed E-state index contributed by atoms with van der Waals surface area (Å²) in [5, 5.41) is 21.1. The van der Waals surface area contributed by atoms with Crippen molar-refractivity contribution in [1.82, 2.24) is 34.3 Å². The fourth-order valence-corrected chi connectivity index (χ4v) is 9.31. The normalized spacial score (nSPS) is 16.6. The zero-order valence-electron chi connectivity index (χ0n) is 32.3. The Morgan fingerprint density at radius 1 is 1.09 bits per heavy atom. The molecule has 2 amide bonds. The molecule has 0 radical (unpaired) electrons. The van der Waals surface area contributed by atoms with Crippen molar-refractivity contribution < 1.29 is 31.5 Å². The maximum atomic E-state index is 13.8. The standard InChI is InChI=1S/C39H48F2N10O5S/c1-26(25-49-14-9-27(10-15-49)28-6-8-34-35(21-28)48(3)47-36(34)51(13-4-18-52)39(53)43-2)19-30-20-33(7-5-29(30)22-42)57(54,55)50-16-11-31(12-17-50)46-38-44-23-32(24-45-38)56-37(40)41/h5-8,18,20-21,23-24,26-27,31,37H,4,9-17,19,25H2,1-3H3,(H,43,53)(H,44,45,46). The summed E-state index contributed by atoms with van der Waals surface area (Å²) in [6.45, 7) is 2.53. The van der Waals surface area contributed by atoms with Gasteiger partial charge in [0.25, 0.3) is 0 Å². The summed E-state index contributed by atoms with van der Waals surface area (Å²) in [4.78, 5) is 35.8. The number of amides is 2. The Kier molecular flexibility index (Phi) is 13.3. The number of aldehydes is 1. The van der Waals surface area contributed by atoms with Crippen molar-refractivity contribution in [3.63, 3.8) is 0 Å². The maximum absolute atomic E-state index is 13.8. The van der Waals surface area contributed by atoms with Gasteiger partial charge in [0.05, 0.1) is 34.4 Å². The number of likely N-dealkylation sites (tertiary alicyclic amines) is 1. The van der Waals surface area contributed by atoms with Gasteiger partial charge in [0, 0.05) is 58.1 Å². The lowest BCUT2D eigenvalue weighted by molar-refractivity contribution is -0.107. The fourth-order valence-electron chi connectivity index (χ4n) is 7.79. The van der Waals surface area contributed by atoms with Gasteiger partial charge in [0.1, 0.15) is 6.29 Å². The van der Waals surface area contributed by atoms with E-state index in [1.807, 2.05) is 13.1 Å². The summed E-state index contributed by atoms with van der Waals surface area (Å²) < 4.78 is 59.9. The lowest BCUT2D eigenvalue weighted by Gasteiger charge is -2.34. The molecule has 0 spiro atoms. The Bertz CT molecular complexity index is 2180. The highest BCUT2D eigenvalue weighted by atomic mass is 32.2. The fraction of sp³-hybridized carbons (Fsp3) is 0.487. The molecule has 0 saturated carbocycles. The molecule has 57 heavy (non-hydrogen) atoms. The number of hydrogen-bond donors (Lipinski definition) is 2. The Hall–Kier alpha value is -5.25. The van der Waals surface area contributed by atoms with Gasteiger partial charge in [-0.15, -0.1) is 0 Å². The monoisotopic (exact) mass is 806 g/mol. The molecule has 0 bridgehead atoms. The molecule has 2 N–H and O–H groups in total. The Morgan fingerprint density at radius 2 is 1.81 bits per heavy atom. The highest BCUT2D eigenvalue weighted by Gasteiger charge is 2.31. The molecule has 6 rings (SSSR count). The van der Waals surface area contributed by atoms with Crippen LogP contribution in [0.3, 0.4) is 0 Å². The quantitative estimate of drug-likeness (QED) is 0.156. The third-order valence-corrected chi connectivity index (χ3v) is 12.6. The van der Waals surface area contributed by atoms with Gasteiger partial charge in [0.15, 0.2) is 11.6 Å². The number of nitrogens with zero attached hydrogens (tertiary/aromatic N) is 8. The van der Waals surface area contributed by atoms with Crippen LogP contribution in [0.25, 0.3) is 10.9 Å². The van der Waals surface area contributed by atoms with E-state index in [1.54, 1.807) is 23.9 Å². The number of carbonyl (C=O) groups is 2. The van der Waals surface area contributed by atoms with Crippen molar-refractivity contribution >= 4 is 45.0 Å². The number of fused-ring (bicyclic) bond motifs is 1. The van der Waals surface area contributed by atoms with Crippen LogP contribution in [0.5, 0.6) is 5.75 Å². The molecule has 0 aliphatic carbocycles. The molecular formula is C39H48F2N10O5S. The topological polar surface area (TPSA) is 179 Å². The SMILES string of the molecule is CNC(=O)N(CCC=O)c1nn(C)c2cc(C3CCN(CC(C)Cc4cc(S(=O)(=O)N5CCC(Nc6ncc(OC(F)F)cn6)CC5)ccc4C#N)CC3)ccc12. The number of anilines is 2. The van der Waals surface area contributed by atoms with Crippen LogP contribution in [0.1, 0.15) is 61.6 Å². The minimum absolute atomic E-state index is 0.105. The molecule has 15 nitrogen and oxygen atoms in total. The largest absolute Gasteiger partial charge is 0.432 e. The molecule has 2 aromatic heterocycles. The maximum Gasteiger partial charge on any atom is 0.387 e. The van der Waals surface area contributed by atoms with Crippen molar-refractivity contribution in [3.05, 3.63) is 65.5 Å². The highest BCUT2D eigenvalue weighted by molar-refractivity contribution is 7.89. The summed E-state index contributed by atoms with van der Waals surface area (Å²) in [7, 11) is -0.414. The second-order valence-corrected chi connectivity index (χ2v) is 16.6. The summed E-state index contributed by atoms with van der Waals surface area (Å²) in [6, 6.07) is 12.8. The van der Waals surface area contributed by atoms with E-state index in [0.717, 1.165) is 62.1 Å². The number of carbonyl (C=O) groups excluding carboxylic acids is 2. The number of aromatic nitrogens is 4. The van der Waals surface area contributed by atoms with Crippen LogP contribution in [0.4, 0.5) is 25.3 Å². The minimum atomic E-state index is -3.82. The number of hydrogen-bond acceptors (Lipinski definition) is 11. The predicted molar refractivity (Wildman–Crippen MR) is 210 cm³/mol. The van der Waals surface area contributed by atoms with Gasteiger partial charge in [-0.1, -0.05) is 13.0 Å². The average Bonchev–Trinajstić information content (AvgIpc) is 3.53. The first-order chi connectivity index (χ1) is 27.4. The zero-order chi connectivity index (χ0) is 40.7. The first kappa shape index (κ1) is 41.4. The number of piperidine rings is 2. The van der Waals surface area contributed by atoms with Crippen LogP contribution in [0, 0.1) is 17.2 Å². The second-order valence-electron chi connectivity index (χ2n) is 14.6.